The summed E-state index contributed by atoms with van der Waals surface area (Å²) in [5.41, 5.74) is 0.470. The topological polar surface area (TPSA) is 45.2 Å². The van der Waals surface area contributed by atoms with E-state index in [9.17, 15) is 18.0 Å². The first-order valence-corrected chi connectivity index (χ1v) is 12.0. The molecule has 0 spiro atoms. The number of carbonyl (C=O) groups is 1. The number of hydrogen-bond donors (Lipinski definition) is 1. The lowest BCUT2D eigenvalue weighted by Crippen LogP contribution is -2.57. The zero-order valence-electron chi connectivity index (χ0n) is 18.9. The van der Waals surface area contributed by atoms with Crippen LogP contribution in [0.5, 0.6) is 0 Å². The Labute approximate surface area is 206 Å². The van der Waals surface area contributed by atoms with E-state index in [4.69, 9.17) is 11.6 Å². The van der Waals surface area contributed by atoms with Crippen LogP contribution in [0.3, 0.4) is 0 Å². The summed E-state index contributed by atoms with van der Waals surface area (Å²) in [6.07, 6.45) is 0.975. The number of fused-ring (bicyclic) bond motifs is 4. The van der Waals surface area contributed by atoms with Gasteiger partial charge in [0, 0.05) is 24.2 Å². The molecule has 1 aromatic heterocycles. The monoisotopic (exact) mass is 499 g/mol. The van der Waals surface area contributed by atoms with Crippen LogP contribution in [-0.4, -0.2) is 34.9 Å². The number of halogens is 4. The molecule has 2 bridgehead atoms. The molecule has 4 nitrogen and oxygen atoms in total. The Kier molecular flexibility index (Phi) is 6.32. The second-order valence-corrected chi connectivity index (χ2v) is 9.66. The van der Waals surface area contributed by atoms with E-state index in [1.54, 1.807) is 6.20 Å². The lowest BCUT2D eigenvalue weighted by Gasteiger charge is -2.51. The van der Waals surface area contributed by atoms with E-state index in [2.05, 4.69) is 21.8 Å². The van der Waals surface area contributed by atoms with Crippen LogP contribution in [0.2, 0.25) is 5.02 Å². The molecule has 3 aromatic rings. The largest absolute Gasteiger partial charge is 0.417 e. The third kappa shape index (κ3) is 4.43. The molecule has 2 aromatic carbocycles. The molecule has 3 fully saturated rings. The van der Waals surface area contributed by atoms with Crippen LogP contribution >= 0.6 is 11.6 Å². The number of aromatic nitrogens is 1. The summed E-state index contributed by atoms with van der Waals surface area (Å²) < 4.78 is 40.3. The number of piperidine rings is 3. The zero-order chi connectivity index (χ0) is 24.7. The smallest absolute Gasteiger partial charge is 0.344 e. The van der Waals surface area contributed by atoms with Crippen molar-refractivity contribution in [2.24, 2.45) is 11.8 Å². The molecule has 4 heterocycles. The van der Waals surface area contributed by atoms with Crippen LogP contribution in [0, 0.1) is 11.8 Å². The van der Waals surface area contributed by atoms with E-state index in [1.807, 2.05) is 36.4 Å². The van der Waals surface area contributed by atoms with Crippen molar-refractivity contribution in [2.45, 2.75) is 31.1 Å². The van der Waals surface area contributed by atoms with E-state index in [0.29, 0.717) is 11.8 Å². The van der Waals surface area contributed by atoms with Gasteiger partial charge in [0.2, 0.25) is 0 Å². The number of pyridine rings is 1. The second-order valence-electron chi connectivity index (χ2n) is 9.28. The van der Waals surface area contributed by atoms with E-state index in [-0.39, 0.29) is 11.6 Å². The number of amides is 1. The van der Waals surface area contributed by atoms with E-state index < -0.39 is 28.7 Å². The molecule has 1 N–H and O–H groups in total. The number of rotatable bonds is 5. The Morgan fingerprint density at radius 2 is 2.00 bits per heavy atom. The molecule has 6 rings (SSSR count). The number of nitrogens with zero attached hydrogens (tertiary/aromatic N) is 2. The van der Waals surface area contributed by atoms with E-state index >= 15 is 0 Å². The van der Waals surface area contributed by atoms with Gasteiger partial charge in [-0.3, -0.25) is 14.7 Å². The molecule has 5 unspecified atom stereocenters. The van der Waals surface area contributed by atoms with E-state index in [1.165, 1.54) is 12.1 Å². The highest BCUT2D eigenvalue weighted by Crippen LogP contribution is 2.42. The molecule has 8 heteroatoms. The fourth-order valence-electron chi connectivity index (χ4n) is 5.64. The summed E-state index contributed by atoms with van der Waals surface area (Å²) in [6.45, 7) is 5.73. The first-order chi connectivity index (χ1) is 16.8. The predicted octanol–water partition coefficient (Wildman–Crippen LogP) is 6.27. The number of para-hydroxylation sites is 1. The minimum atomic E-state index is -4.65. The van der Waals surface area contributed by atoms with Crippen LogP contribution in [0.1, 0.15) is 40.4 Å². The lowest BCUT2D eigenvalue weighted by atomic mass is 9.73. The normalized spacial score (nSPS) is 24.8. The highest BCUT2D eigenvalue weighted by molar-refractivity contribution is 6.34. The van der Waals surface area contributed by atoms with Crippen molar-refractivity contribution in [1.82, 2.24) is 15.2 Å². The van der Waals surface area contributed by atoms with Crippen molar-refractivity contribution in [2.75, 3.05) is 13.1 Å². The van der Waals surface area contributed by atoms with Gasteiger partial charge in [-0.15, -0.1) is 6.58 Å². The van der Waals surface area contributed by atoms with Gasteiger partial charge in [0.25, 0.3) is 5.91 Å². The first kappa shape index (κ1) is 23.8. The Balaban J connectivity index is 1.55. The molecule has 3 aliphatic rings. The van der Waals surface area contributed by atoms with Crippen molar-refractivity contribution in [3.63, 3.8) is 0 Å². The second kappa shape index (κ2) is 9.28. The summed E-state index contributed by atoms with van der Waals surface area (Å²) >= 11 is 6.09. The van der Waals surface area contributed by atoms with Gasteiger partial charge in [-0.25, -0.2) is 0 Å². The van der Waals surface area contributed by atoms with Gasteiger partial charge in [-0.1, -0.05) is 41.9 Å². The Morgan fingerprint density at radius 1 is 1.20 bits per heavy atom. The summed E-state index contributed by atoms with van der Waals surface area (Å²) in [5, 5.41) is 3.37. The predicted molar refractivity (Wildman–Crippen MR) is 130 cm³/mol. The van der Waals surface area contributed by atoms with Crippen molar-refractivity contribution < 1.29 is 18.0 Å². The minimum Gasteiger partial charge on any atom is -0.344 e. The van der Waals surface area contributed by atoms with Gasteiger partial charge < -0.3 is 5.32 Å². The summed E-state index contributed by atoms with van der Waals surface area (Å²) in [4.78, 5) is 20.2. The van der Waals surface area contributed by atoms with Crippen LogP contribution in [0.4, 0.5) is 13.2 Å². The minimum absolute atomic E-state index is 0.00993. The van der Waals surface area contributed by atoms with Gasteiger partial charge in [0.05, 0.1) is 27.7 Å². The van der Waals surface area contributed by atoms with Crippen molar-refractivity contribution in [3.05, 3.63) is 89.1 Å². The van der Waals surface area contributed by atoms with Gasteiger partial charge in [-0.05, 0) is 61.1 Å². The first-order valence-electron chi connectivity index (χ1n) is 11.6. The fraction of sp³-hybridized carbons (Fsp3) is 0.333. The van der Waals surface area contributed by atoms with Crippen molar-refractivity contribution in [1.29, 1.82) is 0 Å². The zero-order valence-corrected chi connectivity index (χ0v) is 19.7. The maximum absolute atomic E-state index is 13.4. The standard InChI is InChI=1S/C27H25ClF3N3O/c1-2-16-15-34-13-11-17(16)14-23(34)25(19-10-12-32-22-9-4-3-6-18(19)22)33-26(35)20-7-5-8-21(24(20)28)27(29,30)31/h2-10,12,16-17,23,25H,1,11,13-15H2,(H,33,35). The highest BCUT2D eigenvalue weighted by atomic mass is 35.5. The number of carbonyl (C=O) groups excluding carboxylic acids is 1. The summed E-state index contributed by atoms with van der Waals surface area (Å²) in [7, 11) is 0. The van der Waals surface area contributed by atoms with Crippen LogP contribution in [0.25, 0.3) is 10.9 Å². The maximum Gasteiger partial charge on any atom is 0.417 e. The van der Waals surface area contributed by atoms with Crippen LogP contribution in [-0.2, 0) is 6.18 Å². The Hall–Kier alpha value is -2.90. The summed E-state index contributed by atoms with van der Waals surface area (Å²) in [6, 6.07) is 12.5. The van der Waals surface area contributed by atoms with Crippen LogP contribution in [0.15, 0.2) is 67.4 Å². The quantitative estimate of drug-likeness (QED) is 0.420. The molecule has 182 valence electrons. The van der Waals surface area contributed by atoms with Gasteiger partial charge in [0.1, 0.15) is 0 Å². The average Bonchev–Trinajstić information content (AvgIpc) is 2.86. The van der Waals surface area contributed by atoms with Gasteiger partial charge >= 0.3 is 6.18 Å². The number of alkyl halides is 3. The van der Waals surface area contributed by atoms with Gasteiger partial charge in [-0.2, -0.15) is 13.2 Å². The fourth-order valence-corrected chi connectivity index (χ4v) is 5.96. The Morgan fingerprint density at radius 3 is 2.71 bits per heavy atom. The van der Waals surface area contributed by atoms with Crippen molar-refractivity contribution >= 4 is 28.4 Å². The number of nitrogens with one attached hydrogen (secondary N) is 1. The van der Waals surface area contributed by atoms with Crippen LogP contribution < -0.4 is 5.32 Å². The van der Waals surface area contributed by atoms with E-state index in [0.717, 1.165) is 48.5 Å². The molecular weight excluding hydrogens is 475 g/mol. The molecule has 3 saturated heterocycles. The van der Waals surface area contributed by atoms with Crippen molar-refractivity contribution in [3.8, 4) is 0 Å². The molecular formula is C27H25ClF3N3O. The highest BCUT2D eigenvalue weighted by Gasteiger charge is 2.43. The third-order valence-corrected chi connectivity index (χ3v) is 7.80. The number of hydrogen-bond acceptors (Lipinski definition) is 3. The third-order valence-electron chi connectivity index (χ3n) is 7.39. The molecule has 35 heavy (non-hydrogen) atoms. The lowest BCUT2D eigenvalue weighted by molar-refractivity contribution is -0.137. The molecule has 0 radical (unpaired) electrons. The molecule has 0 saturated carbocycles. The van der Waals surface area contributed by atoms with Gasteiger partial charge in [0.15, 0.2) is 0 Å². The molecule has 5 atom stereocenters. The number of benzene rings is 2. The molecule has 3 aliphatic heterocycles. The summed E-state index contributed by atoms with van der Waals surface area (Å²) in [5.74, 6) is 0.213. The SMILES string of the molecule is C=CC1CN2CCC1CC2C(NC(=O)c1cccc(C(F)(F)F)c1Cl)c1ccnc2ccccc12. The molecule has 1 amide bonds. The average molecular weight is 500 g/mol. The maximum atomic E-state index is 13.4. The molecule has 0 aliphatic carbocycles. The Bertz CT molecular complexity index is 1270.